The molecule has 0 amide bonds. The Balaban J connectivity index is 1.32. The largest absolute Gasteiger partial charge is 0.309 e. The maximum Gasteiger partial charge on any atom is 0.0619 e. The van der Waals surface area contributed by atoms with Gasteiger partial charge >= 0.3 is 0 Å². The molecule has 0 aliphatic carbocycles. The number of benzene rings is 9. The predicted molar refractivity (Wildman–Crippen MR) is 191 cm³/mol. The van der Waals surface area contributed by atoms with Crippen LogP contribution in [-0.4, -0.2) is 0 Å². The zero-order chi connectivity index (χ0) is 29.2. The summed E-state index contributed by atoms with van der Waals surface area (Å²) in [6, 6.07) is 53.4. The lowest BCUT2D eigenvalue weighted by Gasteiger charge is -2.30. The van der Waals surface area contributed by atoms with E-state index in [2.05, 4.69) is 170 Å². The van der Waals surface area contributed by atoms with Crippen LogP contribution >= 0.6 is 0 Å². The molecule has 0 atom stereocenters. The van der Waals surface area contributed by atoms with Crippen molar-refractivity contribution in [1.82, 2.24) is 0 Å². The summed E-state index contributed by atoms with van der Waals surface area (Å²) in [6.07, 6.45) is 4.38. The van der Waals surface area contributed by atoms with E-state index in [-0.39, 0.29) is 0 Å². The molecule has 1 nitrogen and oxygen atoms in total. The molecule has 0 heterocycles. The van der Waals surface area contributed by atoms with Crippen LogP contribution < -0.4 is 4.90 Å². The quantitative estimate of drug-likeness (QED) is 0.115. The van der Waals surface area contributed by atoms with E-state index in [1.165, 1.54) is 76.2 Å². The van der Waals surface area contributed by atoms with Crippen molar-refractivity contribution in [3.8, 4) is 0 Å². The number of para-hydroxylation sites is 1. The molecule has 0 bridgehead atoms. The molecule has 1 heteroatoms. The molecule has 0 radical (unpaired) electrons. The third-order valence-corrected chi connectivity index (χ3v) is 9.16. The standard InChI is InChI=1S/C43H29N/c1-28-13-15-29(16-14-28)17-18-30-19-24-36(25-20-30)44(35-10-3-2-4-11-35)43-37-12-6-8-32-21-22-34-27-33-9-5-7-31-23-26-38(43)42(39(31)33)41(34)40(32)37/h2-27H,1H3/b18-17+. The number of hydrogen-bond acceptors (Lipinski definition) is 1. The van der Waals surface area contributed by atoms with Crippen molar-refractivity contribution in [2.45, 2.75) is 6.92 Å². The molecule has 9 aromatic carbocycles. The molecule has 0 spiro atoms. The first-order valence-electron chi connectivity index (χ1n) is 15.3. The van der Waals surface area contributed by atoms with Gasteiger partial charge in [0.1, 0.15) is 0 Å². The summed E-state index contributed by atoms with van der Waals surface area (Å²) in [6.45, 7) is 2.12. The second-order valence-corrected chi connectivity index (χ2v) is 11.9. The van der Waals surface area contributed by atoms with Gasteiger partial charge in [-0.1, -0.05) is 133 Å². The second-order valence-electron chi connectivity index (χ2n) is 11.9. The molecule has 0 unspecified atom stereocenters. The van der Waals surface area contributed by atoms with Crippen molar-refractivity contribution in [3.05, 3.63) is 162 Å². The van der Waals surface area contributed by atoms with E-state index in [1.54, 1.807) is 0 Å². The molecule has 0 N–H and O–H groups in total. The van der Waals surface area contributed by atoms with Crippen LogP contribution in [0.2, 0.25) is 0 Å². The lowest BCUT2D eigenvalue weighted by molar-refractivity contribution is 1.31. The summed E-state index contributed by atoms with van der Waals surface area (Å²) >= 11 is 0. The van der Waals surface area contributed by atoms with Crippen molar-refractivity contribution in [1.29, 1.82) is 0 Å². The van der Waals surface area contributed by atoms with Crippen LogP contribution in [0.1, 0.15) is 16.7 Å². The average Bonchev–Trinajstić information content (AvgIpc) is 3.08. The molecule has 9 aromatic rings. The van der Waals surface area contributed by atoms with Crippen LogP contribution in [0.4, 0.5) is 17.1 Å². The van der Waals surface area contributed by atoms with Crippen LogP contribution in [0.15, 0.2) is 146 Å². The van der Waals surface area contributed by atoms with Gasteiger partial charge in [-0.25, -0.2) is 0 Å². The lowest BCUT2D eigenvalue weighted by Crippen LogP contribution is -2.11. The number of anilines is 3. The third-order valence-electron chi connectivity index (χ3n) is 9.16. The lowest BCUT2D eigenvalue weighted by atomic mass is 9.85. The summed E-state index contributed by atoms with van der Waals surface area (Å²) < 4.78 is 0. The van der Waals surface area contributed by atoms with Crippen molar-refractivity contribution in [2.75, 3.05) is 4.90 Å². The molecule has 0 fully saturated rings. The molecule has 206 valence electrons. The van der Waals surface area contributed by atoms with Gasteiger partial charge in [0.15, 0.2) is 0 Å². The molecule has 9 rings (SSSR count). The van der Waals surface area contributed by atoms with E-state index in [0.29, 0.717) is 0 Å². The fraction of sp³-hybridized carbons (Fsp3) is 0.0233. The topological polar surface area (TPSA) is 3.24 Å². The first-order chi connectivity index (χ1) is 21.7. The summed E-state index contributed by atoms with van der Waals surface area (Å²) in [5, 5.41) is 13.1. The maximum atomic E-state index is 2.45. The van der Waals surface area contributed by atoms with Crippen LogP contribution in [0, 0.1) is 6.92 Å². The van der Waals surface area contributed by atoms with Crippen molar-refractivity contribution in [2.24, 2.45) is 0 Å². The maximum absolute atomic E-state index is 2.45. The van der Waals surface area contributed by atoms with Gasteiger partial charge in [0.2, 0.25) is 0 Å². The highest BCUT2D eigenvalue weighted by Gasteiger charge is 2.24. The summed E-state index contributed by atoms with van der Waals surface area (Å²) in [5.74, 6) is 0. The van der Waals surface area contributed by atoms with E-state index >= 15 is 0 Å². The molecule has 0 aliphatic heterocycles. The van der Waals surface area contributed by atoms with Gasteiger partial charge < -0.3 is 4.90 Å². The summed E-state index contributed by atoms with van der Waals surface area (Å²) in [4.78, 5) is 2.45. The summed E-state index contributed by atoms with van der Waals surface area (Å²) in [5.41, 5.74) is 7.16. The fourth-order valence-electron chi connectivity index (χ4n) is 7.11. The van der Waals surface area contributed by atoms with Gasteiger partial charge in [0, 0.05) is 27.5 Å². The molecule has 0 aromatic heterocycles. The number of hydrogen-bond donors (Lipinski definition) is 0. The van der Waals surface area contributed by atoms with E-state index in [0.717, 1.165) is 11.4 Å². The number of nitrogens with zero attached hydrogens (tertiary/aromatic N) is 1. The Morgan fingerprint density at radius 3 is 1.75 bits per heavy atom. The van der Waals surface area contributed by atoms with Crippen molar-refractivity contribution < 1.29 is 0 Å². The highest BCUT2D eigenvalue weighted by molar-refractivity contribution is 6.40. The molecule has 0 aliphatic rings. The summed E-state index contributed by atoms with van der Waals surface area (Å²) in [7, 11) is 0. The van der Waals surface area contributed by atoms with E-state index in [9.17, 15) is 0 Å². The van der Waals surface area contributed by atoms with Crippen LogP contribution in [-0.2, 0) is 0 Å². The third kappa shape index (κ3) is 3.80. The molecular weight excluding hydrogens is 530 g/mol. The van der Waals surface area contributed by atoms with E-state index in [1.807, 2.05) is 0 Å². The number of aryl methyl sites for hydroxylation is 1. The van der Waals surface area contributed by atoms with Gasteiger partial charge in [-0.05, 0) is 86.1 Å². The average molecular weight is 560 g/mol. The number of rotatable bonds is 5. The van der Waals surface area contributed by atoms with Gasteiger partial charge in [-0.3, -0.25) is 0 Å². The highest BCUT2D eigenvalue weighted by Crippen LogP contribution is 2.51. The minimum Gasteiger partial charge on any atom is -0.309 e. The normalized spacial score (nSPS) is 12.1. The highest BCUT2D eigenvalue weighted by atomic mass is 15.1. The molecular formula is C43H29N. The van der Waals surface area contributed by atoms with Gasteiger partial charge in [-0.2, -0.15) is 0 Å². The molecule has 44 heavy (non-hydrogen) atoms. The van der Waals surface area contributed by atoms with Crippen molar-refractivity contribution >= 4 is 83.1 Å². The van der Waals surface area contributed by atoms with E-state index in [4.69, 9.17) is 0 Å². The van der Waals surface area contributed by atoms with Crippen LogP contribution in [0.25, 0.3) is 66.0 Å². The first-order valence-corrected chi connectivity index (χ1v) is 15.3. The Morgan fingerprint density at radius 1 is 0.409 bits per heavy atom. The fourth-order valence-corrected chi connectivity index (χ4v) is 7.11. The minimum absolute atomic E-state index is 1.14. The first kappa shape index (κ1) is 24.9. The monoisotopic (exact) mass is 559 g/mol. The SMILES string of the molecule is Cc1ccc(/C=C/c2ccc(N(c3ccccc3)c3c4cccc5ccc6cc7cccc8ccc3c(c87)c6c54)cc2)cc1. The Morgan fingerprint density at radius 2 is 0.977 bits per heavy atom. The Hall–Kier alpha value is -5.66. The second kappa shape index (κ2) is 9.69. The van der Waals surface area contributed by atoms with E-state index < -0.39 is 0 Å². The van der Waals surface area contributed by atoms with Crippen LogP contribution in [0.3, 0.4) is 0 Å². The Labute approximate surface area is 256 Å². The minimum atomic E-state index is 1.14. The molecule has 0 saturated heterocycles. The van der Waals surface area contributed by atoms with Gasteiger partial charge in [0.25, 0.3) is 0 Å². The zero-order valence-corrected chi connectivity index (χ0v) is 24.5. The van der Waals surface area contributed by atoms with Gasteiger partial charge in [0.05, 0.1) is 5.69 Å². The molecule has 0 saturated carbocycles. The smallest absolute Gasteiger partial charge is 0.0619 e. The Kier molecular flexibility index (Phi) is 5.48. The predicted octanol–water partition coefficient (Wildman–Crippen LogP) is 12.3. The van der Waals surface area contributed by atoms with Crippen LogP contribution in [0.5, 0.6) is 0 Å². The Bertz CT molecular complexity index is 2470. The zero-order valence-electron chi connectivity index (χ0n) is 24.5. The van der Waals surface area contributed by atoms with Gasteiger partial charge in [-0.15, -0.1) is 0 Å². The van der Waals surface area contributed by atoms with Crippen molar-refractivity contribution in [3.63, 3.8) is 0 Å².